The van der Waals surface area contributed by atoms with Crippen molar-refractivity contribution in [3.05, 3.63) is 48.0 Å². The highest BCUT2D eigenvalue weighted by Crippen LogP contribution is 2.23. The number of rotatable bonds is 7. The van der Waals surface area contributed by atoms with Crippen molar-refractivity contribution in [2.24, 2.45) is 11.8 Å². The van der Waals surface area contributed by atoms with Gasteiger partial charge in [-0.15, -0.1) is 0 Å². The average Bonchev–Trinajstić information content (AvgIpc) is 2.89. The number of amides is 3. The number of ether oxygens (including phenoxy) is 1. The Morgan fingerprint density at radius 1 is 1.03 bits per heavy atom. The molecule has 3 atom stereocenters. The number of carboxylic acids is 1. The SMILES string of the molecule is CC(c1ccccc1)[C@H](NC(=O)[C@@H]1CCCN(C(=O)/C=C/C2CCN(C(=O)OC(C)(C)C)CC2)C1)C(=O)O. The molecule has 0 bridgehead atoms. The summed E-state index contributed by atoms with van der Waals surface area (Å²) >= 11 is 0. The molecule has 9 nitrogen and oxygen atoms in total. The number of nitrogens with zero attached hydrogens (tertiary/aromatic N) is 2. The van der Waals surface area contributed by atoms with Gasteiger partial charge in [0.05, 0.1) is 5.92 Å². The van der Waals surface area contributed by atoms with Gasteiger partial charge in [-0.25, -0.2) is 9.59 Å². The van der Waals surface area contributed by atoms with E-state index >= 15 is 0 Å². The second-order valence-corrected chi connectivity index (χ2v) is 11.3. The molecule has 0 spiro atoms. The summed E-state index contributed by atoms with van der Waals surface area (Å²) in [5, 5.41) is 12.5. The third kappa shape index (κ3) is 8.33. The second kappa shape index (κ2) is 12.9. The van der Waals surface area contributed by atoms with Crippen LogP contribution in [0.5, 0.6) is 0 Å². The third-order valence-corrected chi connectivity index (χ3v) is 7.20. The van der Waals surface area contributed by atoms with Gasteiger partial charge in [0.2, 0.25) is 11.8 Å². The Morgan fingerprint density at radius 2 is 1.68 bits per heavy atom. The molecule has 1 unspecified atom stereocenters. The lowest BCUT2D eigenvalue weighted by Gasteiger charge is -2.33. The lowest BCUT2D eigenvalue weighted by molar-refractivity contribution is -0.144. The predicted octanol–water partition coefficient (Wildman–Crippen LogP) is 3.80. The number of benzene rings is 1. The van der Waals surface area contributed by atoms with Crippen LogP contribution >= 0.6 is 0 Å². The van der Waals surface area contributed by atoms with Gasteiger partial charge in [0.15, 0.2) is 0 Å². The van der Waals surface area contributed by atoms with Crippen LogP contribution in [0.3, 0.4) is 0 Å². The highest BCUT2D eigenvalue weighted by molar-refractivity contribution is 5.89. The van der Waals surface area contributed by atoms with Crippen LogP contribution in [-0.4, -0.2) is 76.6 Å². The van der Waals surface area contributed by atoms with E-state index in [-0.39, 0.29) is 30.4 Å². The van der Waals surface area contributed by atoms with Gasteiger partial charge in [-0.05, 0) is 64.0 Å². The van der Waals surface area contributed by atoms with Crippen LogP contribution in [0.2, 0.25) is 0 Å². The molecule has 1 aromatic rings. The number of carbonyl (C=O) groups is 4. The van der Waals surface area contributed by atoms with Crippen molar-refractivity contribution in [1.82, 2.24) is 15.1 Å². The molecule has 3 rings (SSSR count). The monoisotopic (exact) mass is 527 g/mol. The van der Waals surface area contributed by atoms with Crippen molar-refractivity contribution < 1.29 is 29.0 Å². The number of hydrogen-bond acceptors (Lipinski definition) is 5. The zero-order chi connectivity index (χ0) is 27.9. The number of nitrogens with one attached hydrogen (secondary N) is 1. The largest absolute Gasteiger partial charge is 0.480 e. The van der Waals surface area contributed by atoms with Gasteiger partial charge in [-0.2, -0.15) is 0 Å². The quantitative estimate of drug-likeness (QED) is 0.521. The van der Waals surface area contributed by atoms with Crippen molar-refractivity contribution in [3.63, 3.8) is 0 Å². The highest BCUT2D eigenvalue weighted by atomic mass is 16.6. The summed E-state index contributed by atoms with van der Waals surface area (Å²) < 4.78 is 5.43. The molecule has 208 valence electrons. The normalized spacial score (nSPS) is 20.6. The van der Waals surface area contributed by atoms with Gasteiger partial charge < -0.3 is 25.0 Å². The summed E-state index contributed by atoms with van der Waals surface area (Å²) in [5.74, 6) is -2.23. The number of piperidine rings is 2. The van der Waals surface area contributed by atoms with Crippen molar-refractivity contribution in [1.29, 1.82) is 0 Å². The standard InChI is InChI=1S/C29H41N3O6/c1-20(22-9-6-5-7-10-22)25(27(35)36)30-26(34)23-11-8-16-32(19-23)24(33)13-12-21-14-17-31(18-15-21)28(37)38-29(2,3)4/h5-7,9-10,12-13,20-21,23,25H,8,11,14-19H2,1-4H3,(H,30,34)(H,35,36)/b13-12+/t20?,23-,25+/m1/s1. The van der Waals surface area contributed by atoms with E-state index in [1.54, 1.807) is 22.8 Å². The van der Waals surface area contributed by atoms with Crippen LogP contribution in [0.4, 0.5) is 4.79 Å². The summed E-state index contributed by atoms with van der Waals surface area (Å²) in [6.45, 7) is 9.30. The zero-order valence-corrected chi connectivity index (χ0v) is 22.9. The fourth-order valence-corrected chi connectivity index (χ4v) is 4.94. The zero-order valence-electron chi connectivity index (χ0n) is 22.9. The Labute approximate surface area is 225 Å². The van der Waals surface area contributed by atoms with E-state index in [1.807, 2.05) is 57.2 Å². The molecular weight excluding hydrogens is 486 g/mol. The van der Waals surface area contributed by atoms with Crippen LogP contribution < -0.4 is 5.32 Å². The molecular formula is C29H41N3O6. The molecule has 2 aliphatic rings. The maximum atomic E-state index is 13.0. The summed E-state index contributed by atoms with van der Waals surface area (Å²) in [5.41, 5.74) is 0.306. The van der Waals surface area contributed by atoms with E-state index in [0.717, 1.165) is 18.4 Å². The van der Waals surface area contributed by atoms with Crippen LogP contribution in [-0.2, 0) is 19.1 Å². The average molecular weight is 528 g/mol. The van der Waals surface area contributed by atoms with Crippen LogP contribution in [0.15, 0.2) is 42.5 Å². The van der Waals surface area contributed by atoms with Gasteiger partial charge >= 0.3 is 12.1 Å². The summed E-state index contributed by atoms with van der Waals surface area (Å²) in [6, 6.07) is 8.19. The first-order valence-electron chi connectivity index (χ1n) is 13.5. The van der Waals surface area contributed by atoms with Gasteiger partial charge in [0.1, 0.15) is 11.6 Å². The molecule has 0 radical (unpaired) electrons. The molecule has 3 amide bonds. The predicted molar refractivity (Wildman–Crippen MR) is 143 cm³/mol. The first-order valence-corrected chi connectivity index (χ1v) is 13.5. The molecule has 0 aliphatic carbocycles. The summed E-state index contributed by atoms with van der Waals surface area (Å²) in [6.07, 6.45) is 5.96. The van der Waals surface area contributed by atoms with Crippen LogP contribution in [0.25, 0.3) is 0 Å². The van der Waals surface area contributed by atoms with Gasteiger partial charge in [-0.3, -0.25) is 9.59 Å². The van der Waals surface area contributed by atoms with Crippen LogP contribution in [0.1, 0.15) is 64.9 Å². The molecule has 2 N–H and O–H groups in total. The number of carboxylic acid groups (broad SMARTS) is 1. The maximum absolute atomic E-state index is 13.0. The Kier molecular flexibility index (Phi) is 9.94. The van der Waals surface area contributed by atoms with Gasteiger partial charge in [-0.1, -0.05) is 43.3 Å². The minimum Gasteiger partial charge on any atom is -0.480 e. The lowest BCUT2D eigenvalue weighted by Crippen LogP contribution is -2.50. The van der Waals surface area contributed by atoms with Crippen molar-refractivity contribution in [3.8, 4) is 0 Å². The Bertz CT molecular complexity index is 1010. The van der Waals surface area contributed by atoms with Crippen molar-refractivity contribution >= 4 is 23.9 Å². The number of aliphatic carboxylic acids is 1. The molecule has 38 heavy (non-hydrogen) atoms. The Hall–Kier alpha value is -3.36. The van der Waals surface area contributed by atoms with E-state index < -0.39 is 29.4 Å². The van der Waals surface area contributed by atoms with Gasteiger partial charge in [0, 0.05) is 32.1 Å². The van der Waals surface area contributed by atoms with Gasteiger partial charge in [0.25, 0.3) is 0 Å². The number of carbonyl (C=O) groups excluding carboxylic acids is 3. The first-order chi connectivity index (χ1) is 17.9. The molecule has 2 heterocycles. The molecule has 1 aromatic carbocycles. The van der Waals surface area contributed by atoms with E-state index in [2.05, 4.69) is 5.32 Å². The minimum atomic E-state index is -1.08. The first kappa shape index (κ1) is 29.2. The third-order valence-electron chi connectivity index (χ3n) is 7.20. The highest BCUT2D eigenvalue weighted by Gasteiger charge is 2.33. The fraction of sp³-hybridized carbons (Fsp3) is 0.586. The maximum Gasteiger partial charge on any atom is 0.410 e. The second-order valence-electron chi connectivity index (χ2n) is 11.3. The molecule has 2 aliphatic heterocycles. The molecule has 2 fully saturated rings. The Balaban J connectivity index is 1.50. The molecule has 0 aromatic heterocycles. The molecule has 9 heteroatoms. The van der Waals surface area contributed by atoms with Crippen LogP contribution in [0, 0.1) is 11.8 Å². The molecule has 2 saturated heterocycles. The van der Waals surface area contributed by atoms with E-state index in [9.17, 15) is 24.3 Å². The fourth-order valence-electron chi connectivity index (χ4n) is 4.94. The smallest absolute Gasteiger partial charge is 0.410 e. The number of allylic oxidation sites excluding steroid dienone is 1. The minimum absolute atomic E-state index is 0.149. The van der Waals surface area contributed by atoms with E-state index in [4.69, 9.17) is 4.74 Å². The van der Waals surface area contributed by atoms with Crippen molar-refractivity contribution in [2.45, 2.75) is 70.9 Å². The summed E-state index contributed by atoms with van der Waals surface area (Å²) in [7, 11) is 0. The Morgan fingerprint density at radius 3 is 2.29 bits per heavy atom. The lowest BCUT2D eigenvalue weighted by atomic mass is 9.91. The number of hydrogen-bond donors (Lipinski definition) is 2. The van der Waals surface area contributed by atoms with E-state index in [0.29, 0.717) is 32.5 Å². The summed E-state index contributed by atoms with van der Waals surface area (Å²) in [4.78, 5) is 53.5. The van der Waals surface area contributed by atoms with Crippen molar-refractivity contribution in [2.75, 3.05) is 26.2 Å². The molecule has 0 saturated carbocycles. The number of likely N-dealkylation sites (tertiary alicyclic amines) is 2. The topological polar surface area (TPSA) is 116 Å². The van der Waals surface area contributed by atoms with E-state index in [1.165, 1.54) is 0 Å².